The Morgan fingerprint density at radius 1 is 1.22 bits per heavy atom. The number of benzene rings is 1. The molecular formula is C17H18N2O4. The highest BCUT2D eigenvalue weighted by molar-refractivity contribution is 5.92. The molecule has 1 amide bonds. The molecule has 6 heteroatoms. The van der Waals surface area contributed by atoms with Crippen molar-refractivity contribution >= 4 is 5.91 Å². The van der Waals surface area contributed by atoms with Gasteiger partial charge in [0.05, 0.1) is 6.04 Å². The second-order valence-electron chi connectivity index (χ2n) is 5.88. The van der Waals surface area contributed by atoms with Crippen LogP contribution in [-0.2, 0) is 0 Å². The molecule has 0 bridgehead atoms. The first-order chi connectivity index (χ1) is 11.2. The number of fused-ring (bicyclic) bond motifs is 1. The van der Waals surface area contributed by atoms with Gasteiger partial charge in [-0.2, -0.15) is 0 Å². The summed E-state index contributed by atoms with van der Waals surface area (Å²) in [7, 11) is 0. The van der Waals surface area contributed by atoms with E-state index in [1.54, 1.807) is 13.0 Å². The molecule has 0 radical (unpaired) electrons. The summed E-state index contributed by atoms with van der Waals surface area (Å²) in [4.78, 5) is 14.5. The summed E-state index contributed by atoms with van der Waals surface area (Å²) in [5.41, 5.74) is 1.44. The van der Waals surface area contributed by atoms with Crippen LogP contribution in [0.4, 0.5) is 0 Å². The van der Waals surface area contributed by atoms with Crippen LogP contribution in [0.15, 0.2) is 28.8 Å². The van der Waals surface area contributed by atoms with E-state index in [0.29, 0.717) is 24.7 Å². The van der Waals surface area contributed by atoms with Crippen molar-refractivity contribution in [3.63, 3.8) is 0 Å². The van der Waals surface area contributed by atoms with Gasteiger partial charge in [0, 0.05) is 12.6 Å². The Morgan fingerprint density at radius 3 is 2.83 bits per heavy atom. The molecule has 0 spiro atoms. The van der Waals surface area contributed by atoms with Crippen LogP contribution in [-0.4, -0.2) is 35.7 Å². The van der Waals surface area contributed by atoms with Gasteiger partial charge in [0.2, 0.25) is 0 Å². The zero-order valence-electron chi connectivity index (χ0n) is 12.9. The van der Waals surface area contributed by atoms with Crippen LogP contribution in [0.25, 0.3) is 0 Å². The summed E-state index contributed by atoms with van der Waals surface area (Å²) in [5, 5.41) is 3.85. The molecule has 0 aliphatic carbocycles. The van der Waals surface area contributed by atoms with E-state index in [1.807, 2.05) is 23.1 Å². The van der Waals surface area contributed by atoms with E-state index in [-0.39, 0.29) is 11.9 Å². The Balaban J connectivity index is 1.61. The third-order valence-corrected chi connectivity index (χ3v) is 4.31. The number of nitrogens with zero attached hydrogens (tertiary/aromatic N) is 2. The quantitative estimate of drug-likeness (QED) is 0.853. The van der Waals surface area contributed by atoms with Gasteiger partial charge in [-0.15, -0.1) is 0 Å². The van der Waals surface area contributed by atoms with Crippen molar-refractivity contribution in [2.45, 2.75) is 25.8 Å². The fraction of sp³-hybridized carbons (Fsp3) is 0.412. The number of aromatic nitrogens is 1. The van der Waals surface area contributed by atoms with Gasteiger partial charge in [-0.1, -0.05) is 11.2 Å². The van der Waals surface area contributed by atoms with Crippen molar-refractivity contribution in [1.82, 2.24) is 10.1 Å². The van der Waals surface area contributed by atoms with E-state index in [0.717, 1.165) is 36.4 Å². The van der Waals surface area contributed by atoms with E-state index < -0.39 is 0 Å². The van der Waals surface area contributed by atoms with Gasteiger partial charge in [-0.05, 0) is 37.5 Å². The van der Waals surface area contributed by atoms with Gasteiger partial charge in [0.15, 0.2) is 17.2 Å². The second kappa shape index (κ2) is 5.61. The lowest BCUT2D eigenvalue weighted by atomic mass is 10.0. The lowest BCUT2D eigenvalue weighted by Crippen LogP contribution is -2.30. The van der Waals surface area contributed by atoms with Crippen LogP contribution in [0.3, 0.4) is 0 Å². The largest absolute Gasteiger partial charge is 0.486 e. The summed E-state index contributed by atoms with van der Waals surface area (Å²) in [6.07, 6.45) is 1.91. The minimum absolute atomic E-state index is 0.0373. The van der Waals surface area contributed by atoms with Gasteiger partial charge in [0.25, 0.3) is 5.91 Å². The molecule has 2 aliphatic heterocycles. The van der Waals surface area contributed by atoms with Crippen molar-refractivity contribution in [3.8, 4) is 11.5 Å². The Morgan fingerprint density at radius 2 is 2.04 bits per heavy atom. The molecule has 6 nitrogen and oxygen atoms in total. The molecular weight excluding hydrogens is 296 g/mol. The van der Waals surface area contributed by atoms with Gasteiger partial charge in [-0.25, -0.2) is 0 Å². The molecule has 2 aromatic rings. The SMILES string of the molecule is Cc1cc(C(=O)N2CCCC2c2ccc3c(c2)OCCO3)no1. The Hall–Kier alpha value is -2.50. The first-order valence-corrected chi connectivity index (χ1v) is 7.86. The number of rotatable bonds is 2. The molecule has 3 heterocycles. The smallest absolute Gasteiger partial charge is 0.276 e. The van der Waals surface area contributed by atoms with E-state index in [2.05, 4.69) is 5.16 Å². The first kappa shape index (κ1) is 14.1. The molecule has 120 valence electrons. The van der Waals surface area contributed by atoms with Crippen molar-refractivity contribution in [1.29, 1.82) is 0 Å². The van der Waals surface area contributed by atoms with Gasteiger partial charge >= 0.3 is 0 Å². The van der Waals surface area contributed by atoms with Crippen LogP contribution < -0.4 is 9.47 Å². The lowest BCUT2D eigenvalue weighted by molar-refractivity contribution is 0.0724. The number of hydrogen-bond donors (Lipinski definition) is 0. The number of hydrogen-bond acceptors (Lipinski definition) is 5. The van der Waals surface area contributed by atoms with Crippen LogP contribution in [0.5, 0.6) is 11.5 Å². The molecule has 1 aromatic carbocycles. The number of carbonyl (C=O) groups excluding carboxylic acids is 1. The zero-order chi connectivity index (χ0) is 15.8. The van der Waals surface area contributed by atoms with Crippen molar-refractivity contribution in [2.75, 3.05) is 19.8 Å². The summed E-state index contributed by atoms with van der Waals surface area (Å²) >= 11 is 0. The monoisotopic (exact) mass is 314 g/mol. The highest BCUT2D eigenvalue weighted by Crippen LogP contribution is 2.38. The molecule has 23 heavy (non-hydrogen) atoms. The van der Waals surface area contributed by atoms with Crippen LogP contribution in [0, 0.1) is 6.92 Å². The van der Waals surface area contributed by atoms with E-state index in [9.17, 15) is 4.79 Å². The maximum atomic E-state index is 12.7. The lowest BCUT2D eigenvalue weighted by Gasteiger charge is -2.26. The molecule has 0 N–H and O–H groups in total. The Bertz CT molecular complexity index is 740. The van der Waals surface area contributed by atoms with Crippen LogP contribution >= 0.6 is 0 Å². The summed E-state index contributed by atoms with van der Waals surface area (Å²) in [6.45, 7) is 3.64. The Kier molecular flexibility index (Phi) is 3.44. The predicted molar refractivity (Wildman–Crippen MR) is 81.7 cm³/mol. The van der Waals surface area contributed by atoms with Crippen molar-refractivity contribution in [2.24, 2.45) is 0 Å². The molecule has 1 atom stereocenters. The van der Waals surface area contributed by atoms with Crippen LogP contribution in [0.2, 0.25) is 0 Å². The topological polar surface area (TPSA) is 64.8 Å². The van der Waals surface area contributed by atoms with E-state index in [1.165, 1.54) is 0 Å². The third kappa shape index (κ3) is 2.54. The summed E-state index contributed by atoms with van der Waals surface area (Å²) < 4.78 is 16.2. The molecule has 1 aromatic heterocycles. The molecule has 1 saturated heterocycles. The highest BCUT2D eigenvalue weighted by atomic mass is 16.6. The fourth-order valence-electron chi connectivity index (χ4n) is 3.24. The standard InChI is InChI=1S/C17H18N2O4/c1-11-9-13(18-23-11)17(20)19-6-2-3-14(19)12-4-5-15-16(10-12)22-8-7-21-15/h4-5,9-10,14H,2-3,6-8H2,1H3. The number of aryl methyl sites for hydroxylation is 1. The fourth-order valence-corrected chi connectivity index (χ4v) is 3.24. The molecule has 4 rings (SSSR count). The van der Waals surface area contributed by atoms with E-state index >= 15 is 0 Å². The minimum Gasteiger partial charge on any atom is -0.486 e. The van der Waals surface area contributed by atoms with Gasteiger partial charge in [-0.3, -0.25) is 4.79 Å². The third-order valence-electron chi connectivity index (χ3n) is 4.31. The maximum Gasteiger partial charge on any atom is 0.276 e. The van der Waals surface area contributed by atoms with Crippen molar-refractivity contribution < 1.29 is 18.8 Å². The number of amides is 1. The molecule has 0 saturated carbocycles. The van der Waals surface area contributed by atoms with Gasteiger partial charge in [0.1, 0.15) is 19.0 Å². The minimum atomic E-state index is -0.0840. The maximum absolute atomic E-state index is 12.7. The number of likely N-dealkylation sites (tertiary alicyclic amines) is 1. The molecule has 1 unspecified atom stereocenters. The average Bonchev–Trinajstić information content (AvgIpc) is 3.23. The average molecular weight is 314 g/mol. The van der Waals surface area contributed by atoms with E-state index in [4.69, 9.17) is 14.0 Å². The molecule has 1 fully saturated rings. The van der Waals surface area contributed by atoms with Crippen LogP contribution in [0.1, 0.15) is 40.7 Å². The number of ether oxygens (including phenoxy) is 2. The first-order valence-electron chi connectivity index (χ1n) is 7.86. The normalized spacial score (nSPS) is 19.9. The summed E-state index contributed by atoms with van der Waals surface area (Å²) in [5.74, 6) is 2.08. The molecule has 2 aliphatic rings. The predicted octanol–water partition coefficient (Wildman–Crippen LogP) is 2.73. The zero-order valence-corrected chi connectivity index (χ0v) is 12.9. The Labute approximate surface area is 134 Å². The van der Waals surface area contributed by atoms with Gasteiger partial charge < -0.3 is 18.9 Å². The van der Waals surface area contributed by atoms with Crippen molar-refractivity contribution in [3.05, 3.63) is 41.3 Å². The summed E-state index contributed by atoms with van der Waals surface area (Å²) in [6, 6.07) is 7.64. The highest BCUT2D eigenvalue weighted by Gasteiger charge is 2.32. The number of carbonyl (C=O) groups is 1. The second-order valence-corrected chi connectivity index (χ2v) is 5.88.